The van der Waals surface area contributed by atoms with Crippen molar-refractivity contribution < 1.29 is 24.5 Å². The van der Waals surface area contributed by atoms with Gasteiger partial charge in [-0.2, -0.15) is 0 Å². The molecule has 0 unspecified atom stereocenters. The number of carbonyl (C=O) groups excluding carboxylic acids is 2. The number of phenols is 1. The number of hydrogen-bond acceptors (Lipinski definition) is 5. The molecule has 1 saturated carbocycles. The van der Waals surface area contributed by atoms with Crippen LogP contribution in [0.5, 0.6) is 5.75 Å². The van der Waals surface area contributed by atoms with E-state index < -0.39 is 17.6 Å². The number of anilines is 1. The molecule has 1 heterocycles. The molecule has 2 aromatic carbocycles. The maximum absolute atomic E-state index is 12.7. The number of allylic oxidation sites excluding steroid dienone is 1. The SMILES string of the molecule is CO[C@@H]1C(=O)Nc2ccc(/C=C/[C@@]3(C)CCC(=O)[C@H](C)C3)c(O)c2[C@@]1(O)c1ccccc1. The van der Waals surface area contributed by atoms with Crippen LogP contribution in [0.15, 0.2) is 48.5 Å². The molecule has 1 aliphatic carbocycles. The number of nitrogens with one attached hydrogen (secondary N) is 1. The van der Waals surface area contributed by atoms with E-state index in [0.717, 1.165) is 12.8 Å². The lowest BCUT2D eigenvalue weighted by atomic mass is 9.70. The summed E-state index contributed by atoms with van der Waals surface area (Å²) in [7, 11) is 1.36. The van der Waals surface area contributed by atoms with Gasteiger partial charge in [-0.1, -0.05) is 56.3 Å². The third kappa shape index (κ3) is 3.63. The van der Waals surface area contributed by atoms with Crippen molar-refractivity contribution in [3.8, 4) is 5.75 Å². The molecule has 168 valence electrons. The molecular formula is C26H29NO5. The minimum atomic E-state index is -1.86. The molecule has 1 fully saturated rings. The van der Waals surface area contributed by atoms with Crippen molar-refractivity contribution in [2.75, 3.05) is 12.4 Å². The fourth-order valence-corrected chi connectivity index (χ4v) is 5.03. The van der Waals surface area contributed by atoms with E-state index in [2.05, 4.69) is 12.2 Å². The standard InChI is InChI=1S/C26H29NO5/c1-16-15-25(2,14-12-20(16)28)13-11-17-9-10-19-21(22(17)29)26(31,18-7-5-4-6-8-18)23(32-3)24(30)27-19/h4-11,13,16,23,29,31H,12,14-15H2,1-3H3,(H,27,30)/b13-11+/t16-,23-,25+,26+/m1/s1. The highest BCUT2D eigenvalue weighted by Gasteiger charge is 2.51. The van der Waals surface area contributed by atoms with Crippen molar-refractivity contribution in [3.63, 3.8) is 0 Å². The van der Waals surface area contributed by atoms with Gasteiger partial charge in [-0.15, -0.1) is 0 Å². The fraction of sp³-hybridized carbons (Fsp3) is 0.385. The first-order valence-corrected chi connectivity index (χ1v) is 10.9. The normalized spacial score (nSPS) is 30.2. The first-order chi connectivity index (χ1) is 15.2. The second-order valence-electron chi connectivity index (χ2n) is 9.22. The third-order valence-corrected chi connectivity index (χ3v) is 6.85. The zero-order chi connectivity index (χ0) is 23.1. The Morgan fingerprint density at radius 3 is 2.53 bits per heavy atom. The molecule has 0 radical (unpaired) electrons. The highest BCUT2D eigenvalue weighted by Crippen LogP contribution is 2.48. The van der Waals surface area contributed by atoms with Crippen molar-refractivity contribution in [1.82, 2.24) is 0 Å². The van der Waals surface area contributed by atoms with Crippen molar-refractivity contribution >= 4 is 23.5 Å². The number of ketones is 1. The Hall–Kier alpha value is -2.96. The summed E-state index contributed by atoms with van der Waals surface area (Å²) in [5.74, 6) is -0.295. The minimum absolute atomic E-state index is 0.0105. The van der Waals surface area contributed by atoms with Gasteiger partial charge in [0.1, 0.15) is 11.5 Å². The predicted molar refractivity (Wildman–Crippen MR) is 122 cm³/mol. The zero-order valence-corrected chi connectivity index (χ0v) is 18.6. The van der Waals surface area contributed by atoms with E-state index in [1.54, 1.807) is 36.4 Å². The summed E-state index contributed by atoms with van der Waals surface area (Å²) in [6.07, 6.45) is 4.70. The molecule has 6 heteroatoms. The van der Waals surface area contributed by atoms with E-state index in [1.807, 2.05) is 25.1 Å². The molecule has 0 saturated heterocycles. The molecule has 0 spiro atoms. The van der Waals surface area contributed by atoms with Crippen molar-refractivity contribution in [2.24, 2.45) is 11.3 Å². The van der Waals surface area contributed by atoms with Gasteiger partial charge in [-0.05, 0) is 36.0 Å². The summed E-state index contributed by atoms with van der Waals surface area (Å²) < 4.78 is 5.40. The Labute approximate surface area is 187 Å². The van der Waals surface area contributed by atoms with Crippen LogP contribution in [0.3, 0.4) is 0 Å². The minimum Gasteiger partial charge on any atom is -0.507 e. The summed E-state index contributed by atoms with van der Waals surface area (Å²) >= 11 is 0. The monoisotopic (exact) mass is 435 g/mol. The van der Waals surface area contributed by atoms with Crippen molar-refractivity contribution in [2.45, 2.75) is 44.8 Å². The maximum Gasteiger partial charge on any atom is 0.257 e. The van der Waals surface area contributed by atoms with Gasteiger partial charge in [0, 0.05) is 25.0 Å². The summed E-state index contributed by atoms with van der Waals surface area (Å²) in [4.78, 5) is 24.6. The highest BCUT2D eigenvalue weighted by atomic mass is 16.5. The topological polar surface area (TPSA) is 95.9 Å². The number of phenolic OH excluding ortho intramolecular Hbond substituents is 1. The molecule has 4 rings (SSSR count). The number of amides is 1. The maximum atomic E-state index is 12.7. The Morgan fingerprint density at radius 2 is 1.88 bits per heavy atom. The average Bonchev–Trinajstić information content (AvgIpc) is 2.77. The van der Waals surface area contributed by atoms with E-state index in [4.69, 9.17) is 4.74 Å². The second-order valence-corrected chi connectivity index (χ2v) is 9.22. The van der Waals surface area contributed by atoms with Gasteiger partial charge >= 0.3 is 0 Å². The van der Waals surface area contributed by atoms with Gasteiger partial charge in [0.15, 0.2) is 11.7 Å². The molecule has 2 aromatic rings. The average molecular weight is 436 g/mol. The Morgan fingerprint density at radius 1 is 1.16 bits per heavy atom. The number of Topliss-reactive ketones (excluding diaryl/α,β-unsaturated/α-hetero) is 1. The number of methoxy groups -OCH3 is 1. The van der Waals surface area contributed by atoms with Crippen LogP contribution in [-0.4, -0.2) is 35.1 Å². The number of aliphatic hydroxyl groups is 1. The summed E-state index contributed by atoms with van der Waals surface area (Å²) in [5.41, 5.74) is -0.505. The summed E-state index contributed by atoms with van der Waals surface area (Å²) in [5, 5.41) is 25.9. The lowest BCUT2D eigenvalue weighted by Gasteiger charge is -2.40. The number of benzene rings is 2. The number of aromatic hydroxyl groups is 1. The lowest BCUT2D eigenvalue weighted by molar-refractivity contribution is -0.142. The van der Waals surface area contributed by atoms with E-state index in [1.165, 1.54) is 7.11 Å². The first-order valence-electron chi connectivity index (χ1n) is 10.9. The van der Waals surface area contributed by atoms with E-state index >= 15 is 0 Å². The molecule has 4 atom stereocenters. The molecular weight excluding hydrogens is 406 g/mol. The molecule has 6 nitrogen and oxygen atoms in total. The number of fused-ring (bicyclic) bond motifs is 1. The number of carbonyl (C=O) groups is 2. The summed E-state index contributed by atoms with van der Waals surface area (Å²) in [6.45, 7) is 4.07. The van der Waals surface area contributed by atoms with Crippen LogP contribution in [0.25, 0.3) is 6.08 Å². The molecule has 0 bridgehead atoms. The second kappa shape index (κ2) is 8.19. The predicted octanol–water partition coefficient (Wildman–Crippen LogP) is 4.00. The van der Waals surface area contributed by atoms with Gasteiger partial charge in [-0.25, -0.2) is 0 Å². The quantitative estimate of drug-likeness (QED) is 0.675. The van der Waals surface area contributed by atoms with Crippen LogP contribution in [-0.2, 0) is 19.9 Å². The molecule has 32 heavy (non-hydrogen) atoms. The van der Waals surface area contributed by atoms with Crippen LogP contribution in [0.2, 0.25) is 0 Å². The van der Waals surface area contributed by atoms with Crippen LogP contribution < -0.4 is 5.32 Å². The van der Waals surface area contributed by atoms with Gasteiger partial charge in [-0.3, -0.25) is 9.59 Å². The molecule has 2 aliphatic rings. The number of rotatable bonds is 4. The van der Waals surface area contributed by atoms with Crippen LogP contribution >= 0.6 is 0 Å². The van der Waals surface area contributed by atoms with Gasteiger partial charge in [0.25, 0.3) is 5.91 Å². The fourth-order valence-electron chi connectivity index (χ4n) is 5.03. The number of hydrogen-bond donors (Lipinski definition) is 3. The van der Waals surface area contributed by atoms with Gasteiger partial charge in [0.2, 0.25) is 0 Å². The van der Waals surface area contributed by atoms with Gasteiger partial charge < -0.3 is 20.3 Å². The van der Waals surface area contributed by atoms with Crippen LogP contribution in [0.1, 0.15) is 49.8 Å². The Bertz CT molecular complexity index is 1080. The molecule has 0 aromatic heterocycles. The Balaban J connectivity index is 1.80. The van der Waals surface area contributed by atoms with E-state index in [-0.39, 0.29) is 22.6 Å². The lowest BCUT2D eigenvalue weighted by Crippen LogP contribution is -2.52. The molecule has 3 N–H and O–H groups in total. The Kier molecular flexibility index (Phi) is 5.69. The van der Waals surface area contributed by atoms with Gasteiger partial charge in [0.05, 0.1) is 11.3 Å². The van der Waals surface area contributed by atoms with Crippen molar-refractivity contribution in [3.05, 3.63) is 65.2 Å². The van der Waals surface area contributed by atoms with Crippen LogP contribution in [0.4, 0.5) is 5.69 Å². The molecule has 1 amide bonds. The molecule has 1 aliphatic heterocycles. The van der Waals surface area contributed by atoms with E-state index in [0.29, 0.717) is 29.0 Å². The smallest absolute Gasteiger partial charge is 0.257 e. The van der Waals surface area contributed by atoms with Crippen LogP contribution in [0, 0.1) is 11.3 Å². The van der Waals surface area contributed by atoms with Crippen molar-refractivity contribution in [1.29, 1.82) is 0 Å². The zero-order valence-electron chi connectivity index (χ0n) is 18.6. The van der Waals surface area contributed by atoms with E-state index in [9.17, 15) is 19.8 Å². The number of ether oxygens (including phenoxy) is 1. The highest BCUT2D eigenvalue weighted by molar-refractivity contribution is 6.00. The largest absolute Gasteiger partial charge is 0.507 e. The first kappa shape index (κ1) is 22.2. The third-order valence-electron chi connectivity index (χ3n) is 6.85. The summed E-state index contributed by atoms with van der Waals surface area (Å²) in [6, 6.07) is 12.1.